The summed E-state index contributed by atoms with van der Waals surface area (Å²) in [6, 6.07) is 6.39. The Balaban J connectivity index is 1.78. The van der Waals surface area contributed by atoms with Gasteiger partial charge in [-0.05, 0) is 31.0 Å². The third-order valence-corrected chi connectivity index (χ3v) is 5.98. The predicted molar refractivity (Wildman–Crippen MR) is 78.6 cm³/mol. The van der Waals surface area contributed by atoms with Gasteiger partial charge in [-0.3, -0.25) is 0 Å². The minimum absolute atomic E-state index is 0.0928. The third kappa shape index (κ3) is 3.24. The first-order chi connectivity index (χ1) is 10.1. The molecule has 0 amide bonds. The van der Waals surface area contributed by atoms with E-state index in [1.165, 1.54) is 10.4 Å². The molecule has 2 saturated heterocycles. The van der Waals surface area contributed by atoms with E-state index in [9.17, 15) is 8.42 Å². The minimum Gasteiger partial charge on any atom is -0.350 e. The van der Waals surface area contributed by atoms with Crippen molar-refractivity contribution in [2.24, 2.45) is 5.92 Å². The highest BCUT2D eigenvalue weighted by molar-refractivity contribution is 7.89. The lowest BCUT2D eigenvalue weighted by molar-refractivity contribution is -0.0940. The Labute approximate surface area is 129 Å². The van der Waals surface area contributed by atoms with Crippen LogP contribution in [-0.4, -0.2) is 45.3 Å². The molecule has 0 bridgehead atoms. The van der Waals surface area contributed by atoms with E-state index in [-0.39, 0.29) is 17.1 Å². The molecule has 0 spiro atoms. The van der Waals surface area contributed by atoms with Crippen molar-refractivity contribution < 1.29 is 17.9 Å². The van der Waals surface area contributed by atoms with E-state index in [0.29, 0.717) is 31.3 Å². The van der Waals surface area contributed by atoms with E-state index in [2.05, 4.69) is 0 Å². The SMILES string of the molecule is O=S(=O)(c1cccc(Cl)c1)N1CCC[C@H](C2OCCO2)C1. The minimum atomic E-state index is -3.51. The number of halogens is 1. The number of hydrogen-bond donors (Lipinski definition) is 0. The van der Waals surface area contributed by atoms with Crippen molar-refractivity contribution in [1.82, 2.24) is 4.31 Å². The van der Waals surface area contributed by atoms with E-state index >= 15 is 0 Å². The van der Waals surface area contributed by atoms with Crippen molar-refractivity contribution in [3.05, 3.63) is 29.3 Å². The molecule has 2 aliphatic heterocycles. The summed E-state index contributed by atoms with van der Waals surface area (Å²) >= 11 is 5.90. The van der Waals surface area contributed by atoms with Gasteiger partial charge < -0.3 is 9.47 Å². The number of benzene rings is 1. The molecule has 1 aromatic rings. The van der Waals surface area contributed by atoms with Crippen LogP contribution in [-0.2, 0) is 19.5 Å². The Morgan fingerprint density at radius 3 is 2.71 bits per heavy atom. The molecule has 116 valence electrons. The largest absolute Gasteiger partial charge is 0.350 e. The fourth-order valence-corrected chi connectivity index (χ4v) is 4.68. The lowest BCUT2D eigenvalue weighted by Gasteiger charge is -2.33. The van der Waals surface area contributed by atoms with E-state index < -0.39 is 10.0 Å². The van der Waals surface area contributed by atoms with Crippen LogP contribution >= 0.6 is 11.6 Å². The van der Waals surface area contributed by atoms with Crippen LogP contribution < -0.4 is 0 Å². The van der Waals surface area contributed by atoms with Crippen molar-refractivity contribution >= 4 is 21.6 Å². The van der Waals surface area contributed by atoms with Gasteiger partial charge in [0, 0.05) is 24.0 Å². The van der Waals surface area contributed by atoms with Gasteiger partial charge in [-0.2, -0.15) is 4.31 Å². The molecular formula is C14H18ClNO4S. The summed E-state index contributed by atoms with van der Waals surface area (Å²) in [7, 11) is -3.51. The second-order valence-electron chi connectivity index (χ2n) is 5.33. The fraction of sp³-hybridized carbons (Fsp3) is 0.571. The van der Waals surface area contributed by atoms with E-state index in [1.54, 1.807) is 18.2 Å². The van der Waals surface area contributed by atoms with Gasteiger partial charge in [0.25, 0.3) is 0 Å². The van der Waals surface area contributed by atoms with Gasteiger partial charge in [0.1, 0.15) is 0 Å². The van der Waals surface area contributed by atoms with E-state index in [1.807, 2.05) is 0 Å². The number of hydrogen-bond acceptors (Lipinski definition) is 4. The molecule has 2 heterocycles. The summed E-state index contributed by atoms with van der Waals surface area (Å²) in [4.78, 5) is 0.240. The lowest BCUT2D eigenvalue weighted by Crippen LogP contribution is -2.43. The van der Waals surface area contributed by atoms with Crippen molar-refractivity contribution in [2.75, 3.05) is 26.3 Å². The topological polar surface area (TPSA) is 55.8 Å². The Morgan fingerprint density at radius 2 is 2.00 bits per heavy atom. The van der Waals surface area contributed by atoms with Crippen LogP contribution in [0.1, 0.15) is 12.8 Å². The first-order valence-electron chi connectivity index (χ1n) is 7.06. The summed E-state index contributed by atoms with van der Waals surface area (Å²) in [5, 5.41) is 0.423. The zero-order valence-electron chi connectivity index (χ0n) is 11.6. The predicted octanol–water partition coefficient (Wildman–Crippen LogP) is 2.11. The van der Waals surface area contributed by atoms with Gasteiger partial charge >= 0.3 is 0 Å². The van der Waals surface area contributed by atoms with Gasteiger partial charge in [0.15, 0.2) is 6.29 Å². The Kier molecular flexibility index (Phi) is 4.51. The van der Waals surface area contributed by atoms with Gasteiger partial charge in [0.2, 0.25) is 10.0 Å². The second-order valence-corrected chi connectivity index (χ2v) is 7.71. The molecule has 0 N–H and O–H groups in total. The van der Waals surface area contributed by atoms with Crippen molar-refractivity contribution in [2.45, 2.75) is 24.0 Å². The molecule has 0 saturated carbocycles. The van der Waals surface area contributed by atoms with Crippen LogP contribution in [0.25, 0.3) is 0 Å². The van der Waals surface area contributed by atoms with Gasteiger partial charge in [0.05, 0.1) is 18.1 Å². The molecule has 0 aliphatic carbocycles. The zero-order valence-corrected chi connectivity index (χ0v) is 13.1. The summed E-state index contributed by atoms with van der Waals surface area (Å²) in [6.07, 6.45) is 1.46. The Hall–Kier alpha value is -0.660. The number of rotatable bonds is 3. The van der Waals surface area contributed by atoms with Crippen molar-refractivity contribution in [1.29, 1.82) is 0 Å². The molecular weight excluding hydrogens is 314 g/mol. The van der Waals surface area contributed by atoms with Crippen LogP contribution in [0.4, 0.5) is 0 Å². The summed E-state index contributed by atoms with van der Waals surface area (Å²) in [5.41, 5.74) is 0. The molecule has 1 aromatic carbocycles. The van der Waals surface area contributed by atoms with Crippen molar-refractivity contribution in [3.63, 3.8) is 0 Å². The number of nitrogens with zero attached hydrogens (tertiary/aromatic N) is 1. The Bertz CT molecular complexity index is 601. The molecule has 5 nitrogen and oxygen atoms in total. The second kappa shape index (κ2) is 6.22. The standard InChI is InChI=1S/C14H18ClNO4S/c15-12-4-1-5-13(9-12)21(17,18)16-6-2-3-11(10-16)14-19-7-8-20-14/h1,4-5,9,11,14H,2-3,6-8,10H2/t11-/m0/s1. The summed E-state index contributed by atoms with van der Waals surface area (Å²) in [5.74, 6) is 0.0928. The molecule has 2 fully saturated rings. The third-order valence-electron chi connectivity index (χ3n) is 3.89. The first kappa shape index (κ1) is 15.2. The molecule has 21 heavy (non-hydrogen) atoms. The maximum Gasteiger partial charge on any atom is 0.243 e. The number of piperidine rings is 1. The highest BCUT2D eigenvalue weighted by Gasteiger charge is 2.36. The Morgan fingerprint density at radius 1 is 1.24 bits per heavy atom. The first-order valence-corrected chi connectivity index (χ1v) is 8.88. The van der Waals surface area contributed by atoms with Gasteiger partial charge in [-0.15, -0.1) is 0 Å². The van der Waals surface area contributed by atoms with Crippen molar-refractivity contribution in [3.8, 4) is 0 Å². The molecule has 2 aliphatic rings. The molecule has 0 aromatic heterocycles. The van der Waals surface area contributed by atoms with Gasteiger partial charge in [-0.25, -0.2) is 8.42 Å². The molecule has 7 heteroatoms. The lowest BCUT2D eigenvalue weighted by atomic mass is 9.99. The number of sulfonamides is 1. The van der Waals surface area contributed by atoms with Gasteiger partial charge in [-0.1, -0.05) is 17.7 Å². The summed E-state index contributed by atoms with van der Waals surface area (Å²) in [6.45, 7) is 2.13. The fourth-order valence-electron chi connectivity index (χ4n) is 2.84. The summed E-state index contributed by atoms with van der Waals surface area (Å²) < 4.78 is 37.9. The van der Waals surface area contributed by atoms with E-state index in [0.717, 1.165) is 12.8 Å². The average molecular weight is 332 g/mol. The molecule has 1 atom stereocenters. The highest BCUT2D eigenvalue weighted by atomic mass is 35.5. The molecule has 0 unspecified atom stereocenters. The van der Waals surface area contributed by atoms with Crippen LogP contribution in [0, 0.1) is 5.92 Å². The molecule has 0 radical (unpaired) electrons. The smallest absolute Gasteiger partial charge is 0.243 e. The maximum absolute atomic E-state index is 12.7. The van der Waals surface area contributed by atoms with Crippen LogP contribution in [0.2, 0.25) is 5.02 Å². The monoisotopic (exact) mass is 331 g/mol. The van der Waals surface area contributed by atoms with E-state index in [4.69, 9.17) is 21.1 Å². The number of ether oxygens (including phenoxy) is 2. The van der Waals surface area contributed by atoms with Crippen LogP contribution in [0.5, 0.6) is 0 Å². The molecule has 3 rings (SSSR count). The quantitative estimate of drug-likeness (QED) is 0.851. The zero-order chi connectivity index (χ0) is 14.9. The van der Waals surface area contributed by atoms with Crippen LogP contribution in [0.15, 0.2) is 29.2 Å². The highest BCUT2D eigenvalue weighted by Crippen LogP contribution is 2.29. The van der Waals surface area contributed by atoms with Crippen LogP contribution in [0.3, 0.4) is 0 Å². The average Bonchev–Trinajstić information content (AvgIpc) is 3.02. The normalized spacial score (nSPS) is 25.3. The maximum atomic E-state index is 12.7.